The van der Waals surface area contributed by atoms with Crippen molar-refractivity contribution in [2.75, 3.05) is 20.7 Å². The molecule has 0 aliphatic heterocycles. The highest BCUT2D eigenvalue weighted by molar-refractivity contribution is 5.29. The molecule has 0 N–H and O–H groups in total. The van der Waals surface area contributed by atoms with Crippen LogP contribution in [-0.4, -0.2) is 25.6 Å². The Morgan fingerprint density at radius 2 is 2.22 bits per heavy atom. The molecule has 0 aromatic heterocycles. The molecule has 0 aliphatic rings. The van der Waals surface area contributed by atoms with Gasteiger partial charge >= 0.3 is 0 Å². The predicted molar refractivity (Wildman–Crippen MR) is 68.7 cm³/mol. The van der Waals surface area contributed by atoms with Crippen molar-refractivity contribution >= 4 is 0 Å². The van der Waals surface area contributed by atoms with Gasteiger partial charge in [0.05, 0.1) is 19.1 Å². The third-order valence-corrected chi connectivity index (χ3v) is 2.88. The lowest BCUT2D eigenvalue weighted by molar-refractivity contribution is 0.291. The Morgan fingerprint density at radius 3 is 2.72 bits per heavy atom. The number of nitrogens with zero attached hydrogens (tertiary/aromatic N) is 2. The molecule has 0 fully saturated rings. The molecule has 1 unspecified atom stereocenters. The van der Waals surface area contributed by atoms with Crippen molar-refractivity contribution in [1.82, 2.24) is 4.90 Å². The summed E-state index contributed by atoms with van der Waals surface area (Å²) in [5.74, 6) is -0.0707. The Kier molecular flexibility index (Phi) is 5.60. The first-order chi connectivity index (χ1) is 8.60. The maximum atomic E-state index is 13.5. The average Bonchev–Trinajstić information content (AvgIpc) is 2.36. The van der Waals surface area contributed by atoms with Gasteiger partial charge in [-0.05, 0) is 31.2 Å². The van der Waals surface area contributed by atoms with Gasteiger partial charge in [-0.3, -0.25) is 0 Å². The zero-order valence-electron chi connectivity index (χ0n) is 11.1. The number of rotatable bonds is 6. The average molecular weight is 250 g/mol. The second-order valence-corrected chi connectivity index (χ2v) is 4.40. The summed E-state index contributed by atoms with van der Waals surface area (Å²) in [6.07, 6.45) is 0.831. The lowest BCUT2D eigenvalue weighted by Gasteiger charge is -2.19. The van der Waals surface area contributed by atoms with Crippen LogP contribution in [0.5, 0.6) is 5.75 Å². The molecule has 0 spiro atoms. The Labute approximate surface area is 108 Å². The first-order valence-electron chi connectivity index (χ1n) is 6.01. The smallest absolute Gasteiger partial charge is 0.165 e. The van der Waals surface area contributed by atoms with E-state index in [-0.39, 0.29) is 17.5 Å². The number of ether oxygens (including phenoxy) is 1. The van der Waals surface area contributed by atoms with Gasteiger partial charge in [-0.1, -0.05) is 13.0 Å². The number of methoxy groups -OCH3 is 1. The van der Waals surface area contributed by atoms with Crippen LogP contribution in [0.15, 0.2) is 18.2 Å². The summed E-state index contributed by atoms with van der Waals surface area (Å²) in [6, 6.07) is 7.20. The third kappa shape index (κ3) is 4.01. The molecule has 0 amide bonds. The lowest BCUT2D eigenvalue weighted by atomic mass is 10.1. The molecule has 0 saturated heterocycles. The Hall–Kier alpha value is -1.60. The van der Waals surface area contributed by atoms with Gasteiger partial charge in [0.25, 0.3) is 0 Å². The molecule has 18 heavy (non-hydrogen) atoms. The van der Waals surface area contributed by atoms with Gasteiger partial charge in [-0.25, -0.2) is 4.39 Å². The Morgan fingerprint density at radius 1 is 1.50 bits per heavy atom. The fourth-order valence-corrected chi connectivity index (χ4v) is 1.82. The fraction of sp³-hybridized carbons (Fsp3) is 0.500. The Bertz CT molecular complexity index is 428. The number of hydrogen-bond donors (Lipinski definition) is 0. The van der Waals surface area contributed by atoms with Crippen molar-refractivity contribution in [1.29, 1.82) is 5.26 Å². The number of hydrogen-bond acceptors (Lipinski definition) is 3. The molecule has 1 rings (SSSR count). The number of benzene rings is 1. The van der Waals surface area contributed by atoms with Crippen LogP contribution in [0.3, 0.4) is 0 Å². The molecule has 0 heterocycles. The number of halogens is 1. The van der Waals surface area contributed by atoms with Crippen molar-refractivity contribution in [3.8, 4) is 11.8 Å². The Balaban J connectivity index is 2.62. The van der Waals surface area contributed by atoms with E-state index >= 15 is 0 Å². The van der Waals surface area contributed by atoms with Crippen LogP contribution in [0.4, 0.5) is 4.39 Å². The summed E-state index contributed by atoms with van der Waals surface area (Å²) in [6.45, 7) is 3.31. The van der Waals surface area contributed by atoms with Crippen LogP contribution in [0.1, 0.15) is 18.9 Å². The molecule has 1 aromatic carbocycles. The second-order valence-electron chi connectivity index (χ2n) is 4.40. The van der Waals surface area contributed by atoms with Crippen LogP contribution in [-0.2, 0) is 6.54 Å². The molecular weight excluding hydrogens is 231 g/mol. The fourth-order valence-electron chi connectivity index (χ4n) is 1.82. The van der Waals surface area contributed by atoms with Gasteiger partial charge in [-0.15, -0.1) is 0 Å². The van der Waals surface area contributed by atoms with E-state index in [0.29, 0.717) is 13.1 Å². The molecular formula is C14H19FN2O. The summed E-state index contributed by atoms with van der Waals surface area (Å²) in [5.41, 5.74) is 0.878. The standard InChI is InChI=1S/C14H19FN2O/c1-4-11(8-16)9-17(2)10-12-5-6-14(18-3)13(15)7-12/h5-7,11H,4,9-10H2,1-3H3. The molecule has 4 heteroatoms. The van der Waals surface area contributed by atoms with Crippen molar-refractivity contribution < 1.29 is 9.13 Å². The summed E-state index contributed by atoms with van der Waals surface area (Å²) in [7, 11) is 3.38. The van der Waals surface area contributed by atoms with Gasteiger partial charge in [0, 0.05) is 13.1 Å². The quantitative estimate of drug-likeness (QED) is 0.779. The van der Waals surface area contributed by atoms with E-state index in [4.69, 9.17) is 10.00 Å². The van der Waals surface area contributed by atoms with Gasteiger partial charge in [0.2, 0.25) is 0 Å². The molecule has 0 bridgehead atoms. The third-order valence-electron chi connectivity index (χ3n) is 2.88. The van der Waals surface area contributed by atoms with Crippen LogP contribution < -0.4 is 4.74 Å². The van der Waals surface area contributed by atoms with Gasteiger partial charge in [0.15, 0.2) is 11.6 Å². The molecule has 98 valence electrons. The molecule has 0 saturated carbocycles. The van der Waals surface area contributed by atoms with Crippen LogP contribution in [0.2, 0.25) is 0 Å². The van der Waals surface area contributed by atoms with Crippen molar-refractivity contribution in [3.05, 3.63) is 29.6 Å². The highest BCUT2D eigenvalue weighted by Gasteiger charge is 2.10. The van der Waals surface area contributed by atoms with E-state index in [1.54, 1.807) is 6.07 Å². The maximum Gasteiger partial charge on any atom is 0.165 e. The lowest BCUT2D eigenvalue weighted by Crippen LogP contribution is -2.24. The largest absolute Gasteiger partial charge is 0.494 e. The van der Waals surface area contributed by atoms with Gasteiger partial charge in [0.1, 0.15) is 0 Å². The van der Waals surface area contributed by atoms with E-state index in [9.17, 15) is 4.39 Å². The highest BCUT2D eigenvalue weighted by Crippen LogP contribution is 2.18. The maximum absolute atomic E-state index is 13.5. The van der Waals surface area contributed by atoms with E-state index in [1.165, 1.54) is 13.2 Å². The van der Waals surface area contributed by atoms with Crippen LogP contribution >= 0.6 is 0 Å². The summed E-state index contributed by atoms with van der Waals surface area (Å²) >= 11 is 0. The summed E-state index contributed by atoms with van der Waals surface area (Å²) < 4.78 is 18.4. The van der Waals surface area contributed by atoms with Gasteiger partial charge in [-0.2, -0.15) is 5.26 Å². The van der Waals surface area contributed by atoms with E-state index in [0.717, 1.165) is 12.0 Å². The van der Waals surface area contributed by atoms with E-state index in [1.807, 2.05) is 24.9 Å². The molecule has 0 radical (unpaired) electrons. The monoisotopic (exact) mass is 250 g/mol. The minimum Gasteiger partial charge on any atom is -0.494 e. The molecule has 0 aliphatic carbocycles. The number of nitriles is 1. The van der Waals surface area contributed by atoms with Crippen LogP contribution in [0.25, 0.3) is 0 Å². The van der Waals surface area contributed by atoms with E-state index in [2.05, 4.69) is 6.07 Å². The van der Waals surface area contributed by atoms with Crippen LogP contribution in [0, 0.1) is 23.1 Å². The van der Waals surface area contributed by atoms with Crippen molar-refractivity contribution in [2.45, 2.75) is 19.9 Å². The normalized spacial score (nSPS) is 12.2. The van der Waals surface area contributed by atoms with Crippen molar-refractivity contribution in [2.24, 2.45) is 5.92 Å². The first kappa shape index (κ1) is 14.5. The van der Waals surface area contributed by atoms with Crippen molar-refractivity contribution in [3.63, 3.8) is 0 Å². The molecule has 3 nitrogen and oxygen atoms in total. The highest BCUT2D eigenvalue weighted by atomic mass is 19.1. The summed E-state index contributed by atoms with van der Waals surface area (Å²) in [4.78, 5) is 2.03. The SMILES string of the molecule is CCC(C#N)CN(C)Cc1ccc(OC)c(F)c1. The zero-order valence-corrected chi connectivity index (χ0v) is 11.1. The minimum atomic E-state index is -0.351. The topological polar surface area (TPSA) is 36.3 Å². The minimum absolute atomic E-state index is 0.0260. The predicted octanol–water partition coefficient (Wildman–Crippen LogP) is 2.82. The zero-order chi connectivity index (χ0) is 13.5. The second kappa shape index (κ2) is 6.97. The molecule has 1 aromatic rings. The van der Waals surface area contributed by atoms with Gasteiger partial charge < -0.3 is 9.64 Å². The van der Waals surface area contributed by atoms with E-state index < -0.39 is 0 Å². The molecule has 1 atom stereocenters. The first-order valence-corrected chi connectivity index (χ1v) is 6.01. The summed E-state index contributed by atoms with van der Waals surface area (Å²) in [5, 5.41) is 8.90.